The highest BCUT2D eigenvalue weighted by molar-refractivity contribution is 5.90. The number of carbonyl (C=O) groups excluding carboxylic acids is 1. The molecule has 0 aliphatic heterocycles. The number of nitrogens with one attached hydrogen (secondary N) is 1. The van der Waals surface area contributed by atoms with Crippen molar-refractivity contribution in [3.63, 3.8) is 0 Å². The van der Waals surface area contributed by atoms with Crippen LogP contribution in [0.2, 0.25) is 0 Å². The Morgan fingerprint density at radius 1 is 1.20 bits per heavy atom. The second kappa shape index (κ2) is 7.40. The van der Waals surface area contributed by atoms with E-state index in [-0.39, 0.29) is 5.91 Å². The molecule has 2 aromatic rings. The molecule has 2 rings (SSSR count). The van der Waals surface area contributed by atoms with E-state index in [1.807, 2.05) is 24.3 Å². The lowest BCUT2D eigenvalue weighted by molar-refractivity contribution is -0.116. The van der Waals surface area contributed by atoms with Crippen molar-refractivity contribution in [2.75, 3.05) is 11.9 Å². The summed E-state index contributed by atoms with van der Waals surface area (Å²) in [5, 5.41) is 10.3. The minimum absolute atomic E-state index is 0.0209. The summed E-state index contributed by atoms with van der Waals surface area (Å²) in [4.78, 5) is 11.7. The van der Waals surface area contributed by atoms with Gasteiger partial charge < -0.3 is 15.5 Å². The number of anilines is 1. The zero-order valence-electron chi connectivity index (χ0n) is 11.2. The van der Waals surface area contributed by atoms with Crippen LogP contribution in [0.1, 0.15) is 25.7 Å². The zero-order valence-corrected chi connectivity index (χ0v) is 11.2. The third-order valence-electron chi connectivity index (χ3n) is 2.88. The van der Waals surface area contributed by atoms with Gasteiger partial charge in [0.1, 0.15) is 0 Å². The first-order valence-electron chi connectivity index (χ1n) is 6.66. The number of rotatable bonds is 7. The average molecular weight is 274 g/mol. The molecule has 20 heavy (non-hydrogen) atoms. The summed E-state index contributed by atoms with van der Waals surface area (Å²) in [6.45, 7) is 0.679. The lowest BCUT2D eigenvalue weighted by Crippen LogP contribution is -2.11. The summed E-state index contributed by atoms with van der Waals surface area (Å²) >= 11 is 0. The normalized spacial score (nSPS) is 10.4. The van der Waals surface area contributed by atoms with Crippen molar-refractivity contribution in [2.45, 2.75) is 25.7 Å². The second-order valence-electron chi connectivity index (χ2n) is 4.47. The molecule has 0 saturated heterocycles. The number of amides is 1. The number of benzene rings is 1. The van der Waals surface area contributed by atoms with Crippen LogP contribution in [0.3, 0.4) is 0 Å². The van der Waals surface area contributed by atoms with E-state index in [0.717, 1.165) is 30.5 Å². The van der Waals surface area contributed by atoms with Crippen molar-refractivity contribution in [2.24, 2.45) is 5.73 Å². The molecular weight excluding hydrogens is 256 g/mol. The molecule has 0 radical (unpaired) electrons. The molecule has 6 nitrogen and oxygen atoms in total. The number of hydrogen-bond acceptors (Lipinski definition) is 5. The first-order valence-corrected chi connectivity index (χ1v) is 6.66. The number of hydrogen-bond donors (Lipinski definition) is 2. The van der Waals surface area contributed by atoms with Gasteiger partial charge in [0.05, 0.1) is 0 Å². The minimum Gasteiger partial charge on any atom is -0.423 e. The minimum atomic E-state index is 0.0209. The van der Waals surface area contributed by atoms with E-state index in [1.54, 1.807) is 0 Å². The van der Waals surface area contributed by atoms with Gasteiger partial charge in [0, 0.05) is 17.7 Å². The first kappa shape index (κ1) is 14.2. The summed E-state index contributed by atoms with van der Waals surface area (Å²) < 4.78 is 5.10. The molecule has 0 spiro atoms. The van der Waals surface area contributed by atoms with E-state index in [1.165, 1.54) is 6.39 Å². The second-order valence-corrected chi connectivity index (χ2v) is 4.47. The Labute approximate surface area is 117 Å². The highest BCUT2D eigenvalue weighted by Crippen LogP contribution is 2.19. The molecule has 1 heterocycles. The topological polar surface area (TPSA) is 94.0 Å². The summed E-state index contributed by atoms with van der Waals surface area (Å²) in [5.74, 6) is 0.484. The summed E-state index contributed by atoms with van der Waals surface area (Å²) in [5.41, 5.74) is 6.99. The predicted octanol–water partition coefficient (Wildman–Crippen LogP) is 2.19. The Bertz CT molecular complexity index is 523. The molecule has 0 aliphatic rings. The van der Waals surface area contributed by atoms with Crippen molar-refractivity contribution >= 4 is 11.6 Å². The van der Waals surface area contributed by atoms with Gasteiger partial charge in [-0.3, -0.25) is 4.79 Å². The van der Waals surface area contributed by atoms with Crippen LogP contribution in [0.4, 0.5) is 5.69 Å². The van der Waals surface area contributed by atoms with Crippen LogP contribution in [-0.2, 0) is 4.79 Å². The highest BCUT2D eigenvalue weighted by atomic mass is 16.4. The molecule has 0 saturated carbocycles. The van der Waals surface area contributed by atoms with E-state index >= 15 is 0 Å². The molecule has 1 aromatic heterocycles. The number of unbranched alkanes of at least 4 members (excludes halogenated alkanes) is 2. The molecule has 6 heteroatoms. The Hall–Kier alpha value is -2.21. The molecule has 0 aliphatic carbocycles. The highest BCUT2D eigenvalue weighted by Gasteiger charge is 2.05. The number of nitrogens with two attached hydrogens (primary N) is 1. The first-order chi connectivity index (χ1) is 9.79. The van der Waals surface area contributed by atoms with Gasteiger partial charge in [0.2, 0.25) is 18.2 Å². The van der Waals surface area contributed by atoms with E-state index < -0.39 is 0 Å². The fraction of sp³-hybridized carbons (Fsp3) is 0.357. The summed E-state index contributed by atoms with van der Waals surface area (Å²) in [7, 11) is 0. The zero-order chi connectivity index (χ0) is 14.2. The monoisotopic (exact) mass is 274 g/mol. The Balaban J connectivity index is 1.83. The van der Waals surface area contributed by atoms with Gasteiger partial charge in [-0.15, -0.1) is 10.2 Å². The quantitative estimate of drug-likeness (QED) is 0.755. The van der Waals surface area contributed by atoms with E-state index in [2.05, 4.69) is 15.5 Å². The van der Waals surface area contributed by atoms with Crippen molar-refractivity contribution in [3.05, 3.63) is 30.7 Å². The van der Waals surface area contributed by atoms with Gasteiger partial charge in [-0.05, 0) is 43.7 Å². The molecular formula is C14H18N4O2. The third-order valence-corrected chi connectivity index (χ3v) is 2.88. The van der Waals surface area contributed by atoms with Crippen LogP contribution in [0.15, 0.2) is 35.1 Å². The third kappa shape index (κ3) is 4.17. The average Bonchev–Trinajstić information content (AvgIpc) is 2.99. The number of carbonyl (C=O) groups is 1. The lowest BCUT2D eigenvalue weighted by atomic mass is 10.1. The Kier molecular flexibility index (Phi) is 5.25. The van der Waals surface area contributed by atoms with Gasteiger partial charge in [-0.25, -0.2) is 0 Å². The van der Waals surface area contributed by atoms with Crippen molar-refractivity contribution in [3.8, 4) is 11.5 Å². The predicted molar refractivity (Wildman–Crippen MR) is 75.9 cm³/mol. The van der Waals surface area contributed by atoms with Crippen LogP contribution in [-0.4, -0.2) is 22.6 Å². The van der Waals surface area contributed by atoms with Crippen LogP contribution in [0, 0.1) is 0 Å². The number of aromatic nitrogens is 2. The lowest BCUT2D eigenvalue weighted by Gasteiger charge is -2.05. The smallest absolute Gasteiger partial charge is 0.247 e. The van der Waals surface area contributed by atoms with Crippen molar-refractivity contribution in [1.82, 2.24) is 10.2 Å². The van der Waals surface area contributed by atoms with Gasteiger partial charge in [-0.1, -0.05) is 6.42 Å². The maximum absolute atomic E-state index is 11.7. The van der Waals surface area contributed by atoms with Gasteiger partial charge in [0.15, 0.2) is 0 Å². The van der Waals surface area contributed by atoms with Crippen LogP contribution >= 0.6 is 0 Å². The van der Waals surface area contributed by atoms with Crippen LogP contribution in [0.25, 0.3) is 11.5 Å². The van der Waals surface area contributed by atoms with E-state index in [9.17, 15) is 4.79 Å². The molecule has 0 fully saturated rings. The standard InChI is InChI=1S/C14H18N4O2/c15-9-3-1-2-4-13(19)17-12-7-5-11(6-8-12)14-18-16-10-20-14/h5-8,10H,1-4,9,15H2,(H,17,19). The molecule has 3 N–H and O–H groups in total. The summed E-state index contributed by atoms with van der Waals surface area (Å²) in [6.07, 6.45) is 4.62. The fourth-order valence-corrected chi connectivity index (χ4v) is 1.83. The van der Waals surface area contributed by atoms with Crippen LogP contribution < -0.4 is 11.1 Å². The Morgan fingerprint density at radius 2 is 2.00 bits per heavy atom. The van der Waals surface area contributed by atoms with Crippen molar-refractivity contribution < 1.29 is 9.21 Å². The van der Waals surface area contributed by atoms with Crippen molar-refractivity contribution in [1.29, 1.82) is 0 Å². The fourth-order valence-electron chi connectivity index (χ4n) is 1.83. The SMILES string of the molecule is NCCCCCC(=O)Nc1ccc(-c2nnco2)cc1. The molecule has 0 unspecified atom stereocenters. The van der Waals surface area contributed by atoms with E-state index in [4.69, 9.17) is 10.2 Å². The van der Waals surface area contributed by atoms with E-state index in [0.29, 0.717) is 18.9 Å². The largest absolute Gasteiger partial charge is 0.423 e. The Morgan fingerprint density at radius 3 is 2.65 bits per heavy atom. The molecule has 106 valence electrons. The van der Waals surface area contributed by atoms with Gasteiger partial charge in [-0.2, -0.15) is 0 Å². The van der Waals surface area contributed by atoms with Gasteiger partial charge in [0.25, 0.3) is 0 Å². The summed E-state index contributed by atoms with van der Waals surface area (Å²) in [6, 6.07) is 7.30. The van der Waals surface area contributed by atoms with Gasteiger partial charge >= 0.3 is 0 Å². The maximum Gasteiger partial charge on any atom is 0.247 e. The van der Waals surface area contributed by atoms with Crippen LogP contribution in [0.5, 0.6) is 0 Å². The maximum atomic E-state index is 11.7. The molecule has 0 bridgehead atoms. The number of nitrogens with zero attached hydrogens (tertiary/aromatic N) is 2. The molecule has 1 aromatic carbocycles. The molecule has 0 atom stereocenters. The molecule has 1 amide bonds.